The minimum absolute atomic E-state index is 0. The lowest BCUT2D eigenvalue weighted by molar-refractivity contribution is 0.371. The van der Waals surface area contributed by atoms with Gasteiger partial charge < -0.3 is 19.9 Å². The average molecular weight is 515 g/mol. The smallest absolute Gasteiger partial charge is 0.194 e. The van der Waals surface area contributed by atoms with Crippen molar-refractivity contribution in [3.05, 3.63) is 40.3 Å². The Labute approximate surface area is 189 Å². The van der Waals surface area contributed by atoms with Gasteiger partial charge in [-0.3, -0.25) is 4.99 Å². The lowest BCUT2D eigenvalue weighted by Gasteiger charge is -2.37. The maximum atomic E-state index is 5.34. The molecule has 1 aromatic carbocycles. The molecule has 1 fully saturated rings. The Morgan fingerprint density at radius 2 is 2.04 bits per heavy atom. The predicted octanol–water partition coefficient (Wildman–Crippen LogP) is 3.79. The van der Waals surface area contributed by atoms with Crippen LogP contribution in [-0.2, 0) is 6.54 Å². The van der Waals surface area contributed by atoms with E-state index in [1.165, 1.54) is 10.7 Å². The third kappa shape index (κ3) is 5.73. The second kappa shape index (κ2) is 10.8. The monoisotopic (exact) mass is 515 g/mol. The quantitative estimate of drug-likeness (QED) is 0.373. The highest BCUT2D eigenvalue weighted by Crippen LogP contribution is 2.22. The van der Waals surface area contributed by atoms with E-state index in [1.807, 2.05) is 19.2 Å². The van der Waals surface area contributed by atoms with Gasteiger partial charge in [0.1, 0.15) is 5.75 Å². The highest BCUT2D eigenvalue weighted by atomic mass is 127. The number of ether oxygens (including phenoxy) is 1. The van der Waals surface area contributed by atoms with Crippen molar-refractivity contribution < 1.29 is 4.74 Å². The van der Waals surface area contributed by atoms with Crippen LogP contribution < -0.4 is 15.0 Å². The lowest BCUT2D eigenvalue weighted by atomic mass is 10.2. The van der Waals surface area contributed by atoms with Crippen molar-refractivity contribution in [2.45, 2.75) is 26.3 Å². The number of nitrogens with zero attached hydrogens (tertiary/aromatic N) is 4. The molecule has 0 bridgehead atoms. The minimum atomic E-state index is 0. The molecule has 1 aromatic heterocycles. The number of methoxy groups -OCH3 is 1. The molecule has 0 aliphatic carbocycles. The van der Waals surface area contributed by atoms with Crippen LogP contribution in [0.5, 0.6) is 5.75 Å². The second-order valence-electron chi connectivity index (χ2n) is 6.91. The van der Waals surface area contributed by atoms with Crippen LogP contribution in [0.25, 0.3) is 0 Å². The van der Waals surface area contributed by atoms with Crippen LogP contribution in [0.1, 0.15) is 30.5 Å². The number of hydrogen-bond donors (Lipinski definition) is 1. The molecule has 6 nitrogen and oxygen atoms in total. The zero-order valence-electron chi connectivity index (χ0n) is 17.0. The molecule has 1 saturated heterocycles. The van der Waals surface area contributed by atoms with Crippen LogP contribution in [0.15, 0.2) is 34.6 Å². The van der Waals surface area contributed by atoms with Crippen LogP contribution >= 0.6 is 35.3 Å². The van der Waals surface area contributed by atoms with Crippen LogP contribution in [0.3, 0.4) is 0 Å². The van der Waals surface area contributed by atoms with Gasteiger partial charge in [-0.25, -0.2) is 4.98 Å². The molecule has 0 saturated carbocycles. The first-order chi connectivity index (χ1) is 13.1. The summed E-state index contributed by atoms with van der Waals surface area (Å²) in [4.78, 5) is 13.9. The number of guanidine groups is 1. The number of hydrogen-bond acceptors (Lipinski definition) is 5. The Balaban J connectivity index is 0.00000280. The first-order valence-corrected chi connectivity index (χ1v) is 10.3. The third-order valence-corrected chi connectivity index (χ3v) is 5.89. The first kappa shape index (κ1) is 22.7. The van der Waals surface area contributed by atoms with E-state index in [2.05, 4.69) is 51.5 Å². The number of thiazole rings is 1. The van der Waals surface area contributed by atoms with Crippen molar-refractivity contribution in [3.8, 4) is 5.75 Å². The molecular formula is C20H30IN5OS. The van der Waals surface area contributed by atoms with Gasteiger partial charge in [-0.05, 0) is 12.1 Å². The standard InChI is InChI=1S/C20H29N5OS.HI/c1-15(2)19-23-16(14-27-19)13-22-20(21-3)25-10-8-24(9-11-25)17-6-5-7-18(12-17)26-4;/h5-7,12,14-15H,8-11,13H2,1-4H3,(H,21,22);1H. The van der Waals surface area contributed by atoms with Crippen molar-refractivity contribution in [2.75, 3.05) is 45.2 Å². The number of piperazine rings is 1. The summed E-state index contributed by atoms with van der Waals surface area (Å²) in [7, 11) is 3.55. The number of aromatic nitrogens is 1. The van der Waals surface area contributed by atoms with Crippen molar-refractivity contribution in [3.63, 3.8) is 0 Å². The molecular weight excluding hydrogens is 485 g/mol. The molecule has 0 amide bonds. The Morgan fingerprint density at radius 3 is 2.64 bits per heavy atom. The van der Waals surface area contributed by atoms with E-state index in [9.17, 15) is 0 Å². The summed E-state index contributed by atoms with van der Waals surface area (Å²) in [5.74, 6) is 2.32. The number of halogens is 1. The SMILES string of the molecule is CN=C(NCc1csc(C(C)C)n1)N1CCN(c2cccc(OC)c2)CC1.I. The molecule has 0 radical (unpaired) electrons. The number of rotatable bonds is 5. The second-order valence-corrected chi connectivity index (χ2v) is 7.80. The van der Waals surface area contributed by atoms with E-state index < -0.39 is 0 Å². The summed E-state index contributed by atoms with van der Waals surface area (Å²) in [6, 6.07) is 8.26. The molecule has 8 heteroatoms. The number of aliphatic imine (C=N–C) groups is 1. The normalized spacial score (nSPS) is 14.8. The Kier molecular flexibility index (Phi) is 8.81. The molecule has 0 unspecified atom stereocenters. The fourth-order valence-electron chi connectivity index (χ4n) is 3.15. The third-order valence-electron chi connectivity index (χ3n) is 4.70. The number of anilines is 1. The van der Waals surface area contributed by atoms with Crippen molar-refractivity contribution >= 4 is 47.0 Å². The van der Waals surface area contributed by atoms with Crippen LogP contribution in [-0.4, -0.2) is 56.2 Å². The molecule has 1 aliphatic heterocycles. The Morgan fingerprint density at radius 1 is 1.29 bits per heavy atom. The highest BCUT2D eigenvalue weighted by Gasteiger charge is 2.20. The Hall–Kier alpha value is -1.55. The molecule has 0 atom stereocenters. The maximum absolute atomic E-state index is 5.34. The largest absolute Gasteiger partial charge is 0.497 e. The van der Waals surface area contributed by atoms with E-state index in [0.717, 1.165) is 43.6 Å². The summed E-state index contributed by atoms with van der Waals surface area (Å²) < 4.78 is 5.34. The molecule has 2 aromatic rings. The molecule has 1 aliphatic rings. The van der Waals surface area contributed by atoms with E-state index in [1.54, 1.807) is 18.4 Å². The van der Waals surface area contributed by atoms with Gasteiger partial charge in [0.25, 0.3) is 0 Å². The van der Waals surface area contributed by atoms with Crippen molar-refractivity contribution in [1.82, 2.24) is 15.2 Å². The van der Waals surface area contributed by atoms with Crippen molar-refractivity contribution in [2.24, 2.45) is 4.99 Å². The summed E-state index contributed by atoms with van der Waals surface area (Å²) in [6.07, 6.45) is 0. The summed E-state index contributed by atoms with van der Waals surface area (Å²) in [5.41, 5.74) is 2.29. The molecule has 0 spiro atoms. The van der Waals surface area contributed by atoms with Gasteiger partial charge in [-0.2, -0.15) is 0 Å². The minimum Gasteiger partial charge on any atom is -0.497 e. The number of nitrogens with one attached hydrogen (secondary N) is 1. The van der Waals surface area contributed by atoms with Gasteiger partial charge in [0, 0.05) is 56.3 Å². The molecule has 2 heterocycles. The van der Waals surface area contributed by atoms with Crippen LogP contribution in [0.2, 0.25) is 0 Å². The summed E-state index contributed by atoms with van der Waals surface area (Å²) >= 11 is 1.73. The highest BCUT2D eigenvalue weighted by molar-refractivity contribution is 14.0. The maximum Gasteiger partial charge on any atom is 0.194 e. The summed E-state index contributed by atoms with van der Waals surface area (Å²) in [6.45, 7) is 8.86. The van der Waals surface area contributed by atoms with Crippen LogP contribution in [0.4, 0.5) is 5.69 Å². The first-order valence-electron chi connectivity index (χ1n) is 9.39. The van der Waals surface area contributed by atoms with Gasteiger partial charge in [-0.1, -0.05) is 19.9 Å². The van der Waals surface area contributed by atoms with Gasteiger partial charge in [0.2, 0.25) is 0 Å². The van der Waals surface area contributed by atoms with Gasteiger partial charge in [0.05, 0.1) is 24.4 Å². The van der Waals surface area contributed by atoms with Crippen LogP contribution in [0, 0.1) is 0 Å². The van der Waals surface area contributed by atoms with E-state index >= 15 is 0 Å². The van der Waals surface area contributed by atoms with Gasteiger partial charge >= 0.3 is 0 Å². The van der Waals surface area contributed by atoms with E-state index in [0.29, 0.717) is 12.5 Å². The lowest BCUT2D eigenvalue weighted by Crippen LogP contribution is -2.52. The Bertz CT molecular complexity index is 771. The van der Waals surface area contributed by atoms with Gasteiger partial charge in [0.15, 0.2) is 5.96 Å². The molecule has 3 rings (SSSR count). The molecule has 1 N–H and O–H groups in total. The zero-order valence-corrected chi connectivity index (χ0v) is 20.2. The van der Waals surface area contributed by atoms with E-state index in [4.69, 9.17) is 9.72 Å². The topological polar surface area (TPSA) is 53.0 Å². The molecule has 28 heavy (non-hydrogen) atoms. The zero-order chi connectivity index (χ0) is 19.2. The molecule has 154 valence electrons. The summed E-state index contributed by atoms with van der Waals surface area (Å²) in [5, 5.41) is 6.79. The van der Waals surface area contributed by atoms with E-state index in [-0.39, 0.29) is 24.0 Å². The van der Waals surface area contributed by atoms with Crippen molar-refractivity contribution in [1.29, 1.82) is 0 Å². The fourth-order valence-corrected chi connectivity index (χ4v) is 3.99. The predicted molar refractivity (Wildman–Crippen MR) is 129 cm³/mol. The van der Waals surface area contributed by atoms with Gasteiger partial charge in [-0.15, -0.1) is 35.3 Å². The average Bonchev–Trinajstić information content (AvgIpc) is 3.18. The number of benzene rings is 1. The fraction of sp³-hybridized carbons (Fsp3) is 0.500.